The molecule has 0 heterocycles. The second-order valence-corrected chi connectivity index (χ2v) is 4.92. The molecule has 0 amide bonds. The Morgan fingerprint density at radius 2 is 1.94 bits per heavy atom. The largest absolute Gasteiger partial charge is 0.494 e. The normalized spacial score (nSPS) is 10.6. The predicted octanol–water partition coefficient (Wildman–Crippen LogP) is 3.52. The van der Waals surface area contributed by atoms with Crippen molar-refractivity contribution in [1.82, 2.24) is 0 Å². The van der Waals surface area contributed by atoms with Gasteiger partial charge in [0.25, 0.3) is 0 Å². The minimum absolute atomic E-state index is 0.175. The summed E-state index contributed by atoms with van der Waals surface area (Å²) >= 11 is 0. The van der Waals surface area contributed by atoms with Crippen molar-refractivity contribution < 1.29 is 14.6 Å². The van der Waals surface area contributed by atoms with Crippen LogP contribution in [0, 0.1) is 5.92 Å². The van der Waals surface area contributed by atoms with Gasteiger partial charge in [0.2, 0.25) is 0 Å². The van der Waals surface area contributed by atoms with E-state index in [1.165, 1.54) is 6.42 Å². The molecule has 0 saturated heterocycles. The van der Waals surface area contributed by atoms with E-state index >= 15 is 0 Å². The highest BCUT2D eigenvalue weighted by atomic mass is 16.5. The zero-order valence-corrected chi connectivity index (χ0v) is 11.2. The molecule has 1 N–H and O–H groups in total. The van der Waals surface area contributed by atoms with Crippen molar-refractivity contribution in [3.63, 3.8) is 0 Å². The fourth-order valence-electron chi connectivity index (χ4n) is 1.69. The third kappa shape index (κ3) is 6.28. The van der Waals surface area contributed by atoms with Gasteiger partial charge in [-0.15, -0.1) is 0 Å². The monoisotopic (exact) mass is 250 g/mol. The van der Waals surface area contributed by atoms with Crippen LogP contribution in [-0.4, -0.2) is 17.7 Å². The predicted molar refractivity (Wildman–Crippen MR) is 72.0 cm³/mol. The molecule has 18 heavy (non-hydrogen) atoms. The van der Waals surface area contributed by atoms with Gasteiger partial charge in [0, 0.05) is 6.42 Å². The molecule has 1 aromatic carbocycles. The molecule has 100 valence electrons. The standard InChI is InChI=1S/C15H22O3/c1-12(2)4-3-11-18-14-8-5-13(6-9-14)7-10-15(16)17/h5-6,8-9,12H,3-4,7,10-11H2,1-2H3,(H,16,17). The highest BCUT2D eigenvalue weighted by Crippen LogP contribution is 2.14. The van der Waals surface area contributed by atoms with Crippen LogP contribution in [0.4, 0.5) is 0 Å². The van der Waals surface area contributed by atoms with Crippen molar-refractivity contribution in [2.24, 2.45) is 5.92 Å². The number of benzene rings is 1. The smallest absolute Gasteiger partial charge is 0.303 e. The minimum Gasteiger partial charge on any atom is -0.494 e. The Balaban J connectivity index is 2.29. The lowest BCUT2D eigenvalue weighted by molar-refractivity contribution is -0.136. The summed E-state index contributed by atoms with van der Waals surface area (Å²) in [5, 5.41) is 8.59. The van der Waals surface area contributed by atoms with Crippen LogP contribution < -0.4 is 4.74 Å². The van der Waals surface area contributed by atoms with E-state index in [2.05, 4.69) is 13.8 Å². The van der Waals surface area contributed by atoms with Gasteiger partial charge in [0.1, 0.15) is 5.75 Å². The van der Waals surface area contributed by atoms with Crippen LogP contribution >= 0.6 is 0 Å². The van der Waals surface area contributed by atoms with Gasteiger partial charge in [-0.1, -0.05) is 26.0 Å². The highest BCUT2D eigenvalue weighted by molar-refractivity contribution is 5.67. The zero-order chi connectivity index (χ0) is 13.4. The summed E-state index contributed by atoms with van der Waals surface area (Å²) < 4.78 is 5.62. The van der Waals surface area contributed by atoms with E-state index in [4.69, 9.17) is 9.84 Å². The van der Waals surface area contributed by atoms with Crippen molar-refractivity contribution in [3.8, 4) is 5.75 Å². The van der Waals surface area contributed by atoms with Gasteiger partial charge in [0.05, 0.1) is 6.61 Å². The summed E-state index contributed by atoms with van der Waals surface area (Å²) in [4.78, 5) is 10.4. The molecule has 0 atom stereocenters. The number of hydrogen-bond acceptors (Lipinski definition) is 2. The van der Waals surface area contributed by atoms with Gasteiger partial charge >= 0.3 is 5.97 Å². The number of carboxylic acids is 1. The van der Waals surface area contributed by atoms with E-state index in [0.29, 0.717) is 12.3 Å². The molecule has 0 aliphatic carbocycles. The first kappa shape index (κ1) is 14.6. The maximum atomic E-state index is 10.4. The van der Waals surface area contributed by atoms with Crippen molar-refractivity contribution in [1.29, 1.82) is 0 Å². The number of rotatable bonds is 8. The van der Waals surface area contributed by atoms with Crippen LogP contribution in [0.25, 0.3) is 0 Å². The van der Waals surface area contributed by atoms with E-state index in [0.717, 1.165) is 24.3 Å². The molecule has 0 aliphatic heterocycles. The molecule has 1 rings (SSSR count). The number of hydrogen-bond donors (Lipinski definition) is 1. The van der Waals surface area contributed by atoms with Crippen LogP contribution in [0.5, 0.6) is 5.75 Å². The Bertz CT molecular complexity index is 355. The maximum Gasteiger partial charge on any atom is 0.303 e. The quantitative estimate of drug-likeness (QED) is 0.718. The van der Waals surface area contributed by atoms with Crippen molar-refractivity contribution in [3.05, 3.63) is 29.8 Å². The van der Waals surface area contributed by atoms with E-state index in [1.807, 2.05) is 24.3 Å². The summed E-state index contributed by atoms with van der Waals surface area (Å²) in [5.41, 5.74) is 1.03. The molecule has 0 aliphatic rings. The van der Waals surface area contributed by atoms with Gasteiger partial charge in [-0.3, -0.25) is 4.79 Å². The summed E-state index contributed by atoms with van der Waals surface area (Å²) in [6.45, 7) is 5.15. The first-order valence-corrected chi connectivity index (χ1v) is 6.51. The summed E-state index contributed by atoms with van der Waals surface area (Å²) in [5.74, 6) is 0.814. The van der Waals surface area contributed by atoms with Crippen LogP contribution in [0.15, 0.2) is 24.3 Å². The van der Waals surface area contributed by atoms with Crippen molar-refractivity contribution in [2.45, 2.75) is 39.5 Å². The summed E-state index contributed by atoms with van der Waals surface area (Å²) in [7, 11) is 0. The lowest BCUT2D eigenvalue weighted by Gasteiger charge is -2.08. The third-order valence-corrected chi connectivity index (χ3v) is 2.75. The Morgan fingerprint density at radius 3 is 2.50 bits per heavy atom. The molecule has 0 saturated carbocycles. The first-order valence-electron chi connectivity index (χ1n) is 6.51. The molecule has 0 fully saturated rings. The Morgan fingerprint density at radius 1 is 1.28 bits per heavy atom. The van der Waals surface area contributed by atoms with Crippen LogP contribution in [0.1, 0.15) is 38.7 Å². The van der Waals surface area contributed by atoms with E-state index in [-0.39, 0.29) is 6.42 Å². The van der Waals surface area contributed by atoms with Gasteiger partial charge in [-0.2, -0.15) is 0 Å². The molecular formula is C15H22O3. The molecule has 0 aromatic heterocycles. The van der Waals surface area contributed by atoms with Gasteiger partial charge < -0.3 is 9.84 Å². The molecule has 1 aromatic rings. The SMILES string of the molecule is CC(C)CCCOc1ccc(CCC(=O)O)cc1. The first-order chi connectivity index (χ1) is 8.58. The Labute approximate surface area is 109 Å². The molecule has 0 radical (unpaired) electrons. The molecule has 3 nitrogen and oxygen atoms in total. The number of aryl methyl sites for hydroxylation is 1. The lowest BCUT2D eigenvalue weighted by atomic mass is 10.1. The minimum atomic E-state index is -0.760. The number of carbonyl (C=O) groups is 1. The number of carboxylic acid groups (broad SMARTS) is 1. The van der Waals surface area contributed by atoms with Crippen LogP contribution in [0.2, 0.25) is 0 Å². The van der Waals surface area contributed by atoms with Gasteiger partial charge in [-0.25, -0.2) is 0 Å². The molecular weight excluding hydrogens is 228 g/mol. The average molecular weight is 250 g/mol. The molecule has 0 unspecified atom stereocenters. The maximum absolute atomic E-state index is 10.4. The van der Waals surface area contributed by atoms with E-state index in [9.17, 15) is 4.79 Å². The fourth-order valence-corrected chi connectivity index (χ4v) is 1.69. The topological polar surface area (TPSA) is 46.5 Å². The van der Waals surface area contributed by atoms with Crippen molar-refractivity contribution >= 4 is 5.97 Å². The summed E-state index contributed by atoms with van der Waals surface area (Å²) in [6.07, 6.45) is 2.99. The summed E-state index contributed by atoms with van der Waals surface area (Å²) in [6, 6.07) is 7.68. The molecule has 0 spiro atoms. The highest BCUT2D eigenvalue weighted by Gasteiger charge is 2.00. The lowest BCUT2D eigenvalue weighted by Crippen LogP contribution is -2.00. The van der Waals surface area contributed by atoms with Gasteiger partial charge in [-0.05, 0) is 42.9 Å². The van der Waals surface area contributed by atoms with Gasteiger partial charge in [0.15, 0.2) is 0 Å². The number of ether oxygens (including phenoxy) is 1. The van der Waals surface area contributed by atoms with Crippen molar-refractivity contribution in [2.75, 3.05) is 6.61 Å². The fraction of sp³-hybridized carbons (Fsp3) is 0.533. The Hall–Kier alpha value is -1.51. The van der Waals surface area contributed by atoms with Crippen LogP contribution in [-0.2, 0) is 11.2 Å². The second kappa shape index (κ2) is 7.75. The zero-order valence-electron chi connectivity index (χ0n) is 11.2. The van der Waals surface area contributed by atoms with E-state index in [1.54, 1.807) is 0 Å². The molecule has 0 bridgehead atoms. The third-order valence-electron chi connectivity index (χ3n) is 2.75. The van der Waals surface area contributed by atoms with E-state index < -0.39 is 5.97 Å². The number of aliphatic carboxylic acids is 1. The van der Waals surface area contributed by atoms with Crippen LogP contribution in [0.3, 0.4) is 0 Å². The second-order valence-electron chi connectivity index (χ2n) is 4.92. The molecule has 3 heteroatoms. The Kier molecular flexibility index (Phi) is 6.26. The average Bonchev–Trinajstić information content (AvgIpc) is 2.33.